The second-order valence-electron chi connectivity index (χ2n) is 10.2. The molecule has 0 N–H and O–H groups in total. The van der Waals surface area contributed by atoms with Crippen LogP contribution in [0.3, 0.4) is 0 Å². The highest BCUT2D eigenvalue weighted by atomic mass is 32.2. The van der Waals surface area contributed by atoms with Crippen molar-refractivity contribution in [3.05, 3.63) is 71.6 Å². The number of hydrogen-bond acceptors (Lipinski definition) is 6. The maximum atomic E-state index is 15.3. The van der Waals surface area contributed by atoms with E-state index in [2.05, 4.69) is 15.0 Å². The molecule has 1 aromatic carbocycles. The van der Waals surface area contributed by atoms with Gasteiger partial charge in [0.1, 0.15) is 12.0 Å². The van der Waals surface area contributed by atoms with Gasteiger partial charge in [0.2, 0.25) is 15.8 Å². The molecule has 0 bridgehead atoms. The van der Waals surface area contributed by atoms with Crippen molar-refractivity contribution in [1.29, 1.82) is 0 Å². The van der Waals surface area contributed by atoms with Gasteiger partial charge in [0.15, 0.2) is 11.6 Å². The van der Waals surface area contributed by atoms with Crippen LogP contribution in [0.4, 0.5) is 26.3 Å². The summed E-state index contributed by atoms with van der Waals surface area (Å²) in [5, 5.41) is 0. The van der Waals surface area contributed by atoms with Gasteiger partial charge in [-0.3, -0.25) is 9.78 Å². The number of aromatic nitrogens is 3. The van der Waals surface area contributed by atoms with E-state index in [0.29, 0.717) is 12.8 Å². The second kappa shape index (κ2) is 10.8. The summed E-state index contributed by atoms with van der Waals surface area (Å²) in [5.41, 5.74) is 0.293. The van der Waals surface area contributed by atoms with Crippen LogP contribution >= 0.6 is 0 Å². The number of benzene rings is 1. The summed E-state index contributed by atoms with van der Waals surface area (Å²) in [4.78, 5) is 23.9. The topological polar surface area (TPSA) is 93.1 Å². The molecule has 5 rings (SSSR count). The van der Waals surface area contributed by atoms with E-state index in [1.165, 1.54) is 13.0 Å². The zero-order valence-electron chi connectivity index (χ0n) is 21.6. The number of alkyl halides is 4. The van der Waals surface area contributed by atoms with Crippen molar-refractivity contribution < 1.29 is 39.6 Å². The third-order valence-corrected chi connectivity index (χ3v) is 9.30. The van der Waals surface area contributed by atoms with Crippen molar-refractivity contribution in [2.45, 2.75) is 74.3 Å². The number of sulfonamides is 1. The zero-order valence-corrected chi connectivity index (χ0v) is 22.4. The molecule has 3 atom stereocenters. The normalized spacial score (nSPS) is 21.8. The van der Waals surface area contributed by atoms with Crippen LogP contribution in [0.1, 0.15) is 55.7 Å². The highest BCUT2D eigenvalue weighted by Gasteiger charge is 2.48. The van der Waals surface area contributed by atoms with Gasteiger partial charge in [-0.25, -0.2) is 31.6 Å². The summed E-state index contributed by atoms with van der Waals surface area (Å²) in [6, 6.07) is 2.82. The molecule has 1 saturated heterocycles. The largest absolute Gasteiger partial charge is 0.451 e. The van der Waals surface area contributed by atoms with Gasteiger partial charge in [0.05, 0.1) is 22.7 Å². The Morgan fingerprint density at radius 2 is 1.71 bits per heavy atom. The van der Waals surface area contributed by atoms with Gasteiger partial charge in [-0.1, -0.05) is 0 Å². The Morgan fingerprint density at radius 1 is 1.07 bits per heavy atom. The fourth-order valence-corrected chi connectivity index (χ4v) is 6.78. The lowest BCUT2D eigenvalue weighted by atomic mass is 10.0. The molecule has 2 aromatic heterocycles. The number of rotatable bonds is 8. The number of pyridine rings is 1. The Kier molecular flexibility index (Phi) is 7.66. The number of aryl methyl sites for hydroxylation is 1. The first-order chi connectivity index (χ1) is 19.3. The molecule has 3 heterocycles. The smallest absolute Gasteiger partial charge is 0.298 e. The molecular weight excluding hydrogens is 574 g/mol. The van der Waals surface area contributed by atoms with Crippen LogP contribution in [0.15, 0.2) is 47.6 Å². The van der Waals surface area contributed by atoms with Gasteiger partial charge >= 0.3 is 6.18 Å². The van der Waals surface area contributed by atoms with Crippen molar-refractivity contribution in [1.82, 2.24) is 19.3 Å². The van der Waals surface area contributed by atoms with Crippen LogP contribution in [0.5, 0.6) is 0 Å². The molecule has 14 heteroatoms. The summed E-state index contributed by atoms with van der Waals surface area (Å²) in [5.74, 6) is -3.51. The van der Waals surface area contributed by atoms with E-state index in [1.807, 2.05) is 0 Å². The van der Waals surface area contributed by atoms with Crippen LogP contribution in [0, 0.1) is 11.6 Å². The molecular formula is C27H24F6N4O3S. The van der Waals surface area contributed by atoms with E-state index in [-0.39, 0.29) is 52.6 Å². The number of ketones is 1. The minimum absolute atomic E-state index is 0.00571. The number of carbonyl (C=O) groups is 1. The van der Waals surface area contributed by atoms with Crippen LogP contribution in [-0.2, 0) is 27.4 Å². The minimum Gasteiger partial charge on any atom is -0.298 e. The Morgan fingerprint density at radius 3 is 2.29 bits per heavy atom. The standard InChI is InChI=1S/C27H24F6N4O3S/c1-14-21(29)11-22(37(14)41(39,40)19-7-4-17(28)5-8-19)23(38)9-6-18-10-20(24(30)25(36-18)15-2-3-15)16-12-34-26(35-13-16)27(31,32)33/h4-5,7-8,10,12-15,21-22H,2-3,6,9,11H2,1H3/t14-,21+,22-/m0/s1. The predicted octanol–water partition coefficient (Wildman–Crippen LogP) is 5.40. The molecule has 2 fully saturated rings. The lowest BCUT2D eigenvalue weighted by Gasteiger charge is -2.26. The molecule has 7 nitrogen and oxygen atoms in total. The number of carbonyl (C=O) groups excluding carboxylic acids is 1. The van der Waals surface area contributed by atoms with E-state index in [4.69, 9.17) is 0 Å². The van der Waals surface area contributed by atoms with Crippen LogP contribution in [0.25, 0.3) is 11.1 Å². The Bertz CT molecular complexity index is 1560. The summed E-state index contributed by atoms with van der Waals surface area (Å²) in [7, 11) is -4.34. The van der Waals surface area contributed by atoms with E-state index >= 15 is 4.39 Å². The van der Waals surface area contributed by atoms with Crippen LogP contribution < -0.4 is 0 Å². The van der Waals surface area contributed by atoms with E-state index in [0.717, 1.165) is 41.0 Å². The van der Waals surface area contributed by atoms with Gasteiger partial charge in [-0.15, -0.1) is 0 Å². The molecule has 2 aliphatic rings. The first-order valence-corrected chi connectivity index (χ1v) is 14.3. The molecule has 3 aromatic rings. The van der Waals surface area contributed by atoms with Crippen molar-refractivity contribution in [3.8, 4) is 11.1 Å². The molecule has 218 valence electrons. The highest BCUT2D eigenvalue weighted by Crippen LogP contribution is 2.42. The first kappa shape index (κ1) is 29.1. The minimum atomic E-state index is -4.77. The fraction of sp³-hybridized carbons (Fsp3) is 0.407. The fourth-order valence-electron chi connectivity index (χ4n) is 4.95. The lowest BCUT2D eigenvalue weighted by Crippen LogP contribution is -2.44. The SMILES string of the molecule is C[C@H]1[C@H](F)C[C@@H](C(=O)CCc2cc(-c3cnc(C(F)(F)F)nc3)c(F)c(C3CC3)n2)N1S(=O)(=O)c1ccc(F)cc1. The average molecular weight is 599 g/mol. The third-order valence-electron chi connectivity index (χ3n) is 7.29. The van der Waals surface area contributed by atoms with Crippen molar-refractivity contribution in [2.24, 2.45) is 0 Å². The second-order valence-corrected chi connectivity index (χ2v) is 12.0. The zero-order chi connectivity index (χ0) is 29.7. The van der Waals surface area contributed by atoms with Gasteiger partial charge in [-0.2, -0.15) is 17.5 Å². The molecule has 41 heavy (non-hydrogen) atoms. The quantitative estimate of drug-likeness (QED) is 0.322. The van der Waals surface area contributed by atoms with Crippen molar-refractivity contribution >= 4 is 15.8 Å². The highest BCUT2D eigenvalue weighted by molar-refractivity contribution is 7.89. The molecule has 0 radical (unpaired) electrons. The molecule has 0 amide bonds. The van der Waals surface area contributed by atoms with E-state index in [1.54, 1.807) is 0 Å². The summed E-state index contributed by atoms with van der Waals surface area (Å²) < 4.78 is 109. The van der Waals surface area contributed by atoms with E-state index in [9.17, 15) is 35.2 Å². The molecule has 1 aliphatic heterocycles. The summed E-state index contributed by atoms with van der Waals surface area (Å²) in [6.45, 7) is 1.35. The van der Waals surface area contributed by atoms with Crippen molar-refractivity contribution in [3.63, 3.8) is 0 Å². The Balaban J connectivity index is 1.40. The predicted molar refractivity (Wildman–Crippen MR) is 134 cm³/mol. The molecule has 0 spiro atoms. The van der Waals surface area contributed by atoms with Gasteiger partial charge in [0.25, 0.3) is 0 Å². The Labute approximate surface area is 231 Å². The number of Topliss-reactive ketones (excluding diaryl/α,β-unsaturated/α-hetero) is 1. The number of nitrogens with zero attached hydrogens (tertiary/aromatic N) is 4. The van der Waals surface area contributed by atoms with Gasteiger partial charge in [0, 0.05) is 48.0 Å². The van der Waals surface area contributed by atoms with Gasteiger partial charge in [-0.05, 0) is 56.5 Å². The van der Waals surface area contributed by atoms with Crippen LogP contribution in [0.2, 0.25) is 0 Å². The third kappa shape index (κ3) is 5.85. The maximum absolute atomic E-state index is 15.3. The molecule has 0 unspecified atom stereocenters. The van der Waals surface area contributed by atoms with Gasteiger partial charge < -0.3 is 0 Å². The average Bonchev–Trinajstić information content (AvgIpc) is 3.72. The first-order valence-electron chi connectivity index (χ1n) is 12.8. The molecule has 1 aliphatic carbocycles. The number of hydrogen-bond donors (Lipinski definition) is 0. The molecule has 1 saturated carbocycles. The maximum Gasteiger partial charge on any atom is 0.451 e. The Hall–Kier alpha value is -3.39. The van der Waals surface area contributed by atoms with Crippen LogP contribution in [-0.4, -0.2) is 51.7 Å². The van der Waals surface area contributed by atoms with Crippen molar-refractivity contribution in [2.75, 3.05) is 0 Å². The summed E-state index contributed by atoms with van der Waals surface area (Å²) >= 11 is 0. The number of halogens is 6. The monoisotopic (exact) mass is 598 g/mol. The lowest BCUT2D eigenvalue weighted by molar-refractivity contribution is -0.145. The van der Waals surface area contributed by atoms with E-state index < -0.39 is 57.7 Å². The summed E-state index contributed by atoms with van der Waals surface area (Å²) in [6.07, 6.45) is -4.00.